The molecule has 0 bridgehead atoms. The predicted octanol–water partition coefficient (Wildman–Crippen LogP) is 2.46. The Morgan fingerprint density at radius 1 is 1.35 bits per heavy atom. The molecule has 0 saturated carbocycles. The van der Waals surface area contributed by atoms with Crippen molar-refractivity contribution in [2.45, 2.75) is 0 Å². The molecule has 0 spiro atoms. The predicted molar refractivity (Wildman–Crippen MR) is 65.0 cm³/mol. The van der Waals surface area contributed by atoms with Crippen molar-refractivity contribution in [3.63, 3.8) is 0 Å². The highest BCUT2D eigenvalue weighted by molar-refractivity contribution is 6.35. The number of nitrogens with two attached hydrogens (primary N) is 1. The summed E-state index contributed by atoms with van der Waals surface area (Å²) in [5, 5.41) is 13.4. The van der Waals surface area contributed by atoms with Crippen LogP contribution in [0.3, 0.4) is 0 Å². The quantitative estimate of drug-likeness (QED) is 0.879. The molecule has 0 amide bonds. The molecule has 0 fully saturated rings. The number of carboxylic acids is 1. The number of benzene rings is 1. The summed E-state index contributed by atoms with van der Waals surface area (Å²) in [6.07, 6.45) is 0. The fourth-order valence-electron chi connectivity index (χ4n) is 1.35. The average Bonchev–Trinajstić information content (AvgIpc) is 2.61. The highest BCUT2D eigenvalue weighted by atomic mass is 35.5. The third-order valence-corrected chi connectivity index (χ3v) is 2.63. The van der Waals surface area contributed by atoms with Crippen LogP contribution in [0.15, 0.2) is 24.3 Å². The number of nitrogens with zero attached hydrogens (tertiary/aromatic N) is 2. The van der Waals surface area contributed by atoms with Crippen molar-refractivity contribution in [2.75, 3.05) is 5.73 Å². The molecule has 2 aromatic rings. The van der Waals surface area contributed by atoms with Gasteiger partial charge in [-0.2, -0.15) is 5.10 Å². The molecule has 1 heterocycles. The van der Waals surface area contributed by atoms with Crippen LogP contribution in [-0.2, 0) is 0 Å². The van der Waals surface area contributed by atoms with E-state index in [1.54, 1.807) is 12.1 Å². The molecule has 0 aliphatic carbocycles. The Bertz CT molecular complexity index is 595. The average molecular weight is 272 g/mol. The second-order valence-electron chi connectivity index (χ2n) is 3.27. The molecule has 88 valence electrons. The standard InChI is InChI=1S/C10H7Cl2N3O2/c11-5-1-2-8(6(12)3-5)15-9(13)4-7(14-15)10(16)17/h1-4H,13H2,(H,16,17). The van der Waals surface area contributed by atoms with E-state index in [2.05, 4.69) is 5.10 Å². The van der Waals surface area contributed by atoms with Gasteiger partial charge in [0.25, 0.3) is 0 Å². The van der Waals surface area contributed by atoms with Crippen molar-refractivity contribution >= 4 is 35.0 Å². The van der Waals surface area contributed by atoms with Crippen LogP contribution >= 0.6 is 23.2 Å². The summed E-state index contributed by atoms with van der Waals surface area (Å²) in [4.78, 5) is 10.8. The third-order valence-electron chi connectivity index (χ3n) is 2.09. The molecule has 7 heteroatoms. The molecule has 17 heavy (non-hydrogen) atoms. The van der Waals surface area contributed by atoms with E-state index in [9.17, 15) is 4.79 Å². The summed E-state index contributed by atoms with van der Waals surface area (Å²) in [5.41, 5.74) is 5.99. The van der Waals surface area contributed by atoms with E-state index >= 15 is 0 Å². The van der Waals surface area contributed by atoms with Gasteiger partial charge in [0.2, 0.25) is 0 Å². The monoisotopic (exact) mass is 271 g/mol. The van der Waals surface area contributed by atoms with Crippen LogP contribution in [0.5, 0.6) is 0 Å². The van der Waals surface area contributed by atoms with Crippen molar-refractivity contribution in [1.29, 1.82) is 0 Å². The summed E-state index contributed by atoms with van der Waals surface area (Å²) in [6, 6.07) is 6.01. The highest BCUT2D eigenvalue weighted by Crippen LogP contribution is 2.26. The van der Waals surface area contributed by atoms with Gasteiger partial charge in [-0.15, -0.1) is 0 Å². The van der Waals surface area contributed by atoms with Crippen molar-refractivity contribution in [3.8, 4) is 5.69 Å². The lowest BCUT2D eigenvalue weighted by atomic mass is 10.3. The highest BCUT2D eigenvalue weighted by Gasteiger charge is 2.14. The number of aromatic nitrogens is 2. The van der Waals surface area contributed by atoms with E-state index in [4.69, 9.17) is 34.0 Å². The first-order valence-electron chi connectivity index (χ1n) is 4.53. The smallest absolute Gasteiger partial charge is 0.356 e. The lowest BCUT2D eigenvalue weighted by Gasteiger charge is -2.06. The zero-order valence-corrected chi connectivity index (χ0v) is 9.90. The molecule has 0 radical (unpaired) electrons. The number of hydrogen-bond acceptors (Lipinski definition) is 3. The van der Waals surface area contributed by atoms with Crippen LogP contribution in [0.1, 0.15) is 10.5 Å². The third kappa shape index (κ3) is 2.20. The number of anilines is 1. The summed E-state index contributed by atoms with van der Waals surface area (Å²) < 4.78 is 1.25. The zero-order chi connectivity index (χ0) is 12.6. The Morgan fingerprint density at radius 3 is 2.59 bits per heavy atom. The summed E-state index contributed by atoms with van der Waals surface area (Å²) in [7, 11) is 0. The largest absolute Gasteiger partial charge is 0.476 e. The van der Waals surface area contributed by atoms with Gasteiger partial charge in [0.15, 0.2) is 5.69 Å². The van der Waals surface area contributed by atoms with Crippen molar-refractivity contribution in [2.24, 2.45) is 0 Å². The Balaban J connectivity index is 2.56. The number of hydrogen-bond donors (Lipinski definition) is 2. The minimum absolute atomic E-state index is 0.145. The van der Waals surface area contributed by atoms with Gasteiger partial charge >= 0.3 is 5.97 Å². The van der Waals surface area contributed by atoms with E-state index in [1.807, 2.05) is 0 Å². The topological polar surface area (TPSA) is 81.1 Å². The molecular formula is C10H7Cl2N3O2. The Hall–Kier alpha value is -1.72. The number of rotatable bonds is 2. The second-order valence-corrected chi connectivity index (χ2v) is 4.11. The number of halogens is 2. The van der Waals surface area contributed by atoms with Crippen molar-refractivity contribution in [3.05, 3.63) is 40.0 Å². The van der Waals surface area contributed by atoms with Crippen LogP contribution in [0.2, 0.25) is 10.0 Å². The summed E-state index contributed by atoms with van der Waals surface area (Å²) in [6.45, 7) is 0. The first-order chi connectivity index (χ1) is 7.99. The van der Waals surface area contributed by atoms with Crippen molar-refractivity contribution < 1.29 is 9.90 Å². The first-order valence-corrected chi connectivity index (χ1v) is 5.29. The van der Waals surface area contributed by atoms with E-state index in [0.29, 0.717) is 15.7 Å². The van der Waals surface area contributed by atoms with Gasteiger partial charge in [0, 0.05) is 11.1 Å². The fraction of sp³-hybridized carbons (Fsp3) is 0. The van der Waals surface area contributed by atoms with E-state index in [0.717, 1.165) is 0 Å². The second kappa shape index (κ2) is 4.27. The maximum absolute atomic E-state index is 10.8. The molecule has 0 aliphatic rings. The minimum Gasteiger partial charge on any atom is -0.476 e. The van der Waals surface area contributed by atoms with Gasteiger partial charge in [-0.1, -0.05) is 23.2 Å². The maximum Gasteiger partial charge on any atom is 0.356 e. The molecule has 0 atom stereocenters. The molecule has 2 rings (SSSR count). The molecular weight excluding hydrogens is 265 g/mol. The minimum atomic E-state index is -1.15. The fourth-order valence-corrected chi connectivity index (χ4v) is 1.83. The number of carboxylic acid groups (broad SMARTS) is 1. The Kier molecular flexibility index (Phi) is 2.95. The van der Waals surface area contributed by atoms with Crippen LogP contribution in [-0.4, -0.2) is 20.9 Å². The van der Waals surface area contributed by atoms with Gasteiger partial charge in [0.05, 0.1) is 10.7 Å². The molecule has 0 aliphatic heterocycles. The van der Waals surface area contributed by atoms with E-state index in [1.165, 1.54) is 16.8 Å². The number of aromatic carboxylic acids is 1. The normalized spacial score (nSPS) is 10.5. The van der Waals surface area contributed by atoms with Gasteiger partial charge in [0.1, 0.15) is 5.82 Å². The summed E-state index contributed by atoms with van der Waals surface area (Å²) >= 11 is 11.7. The zero-order valence-electron chi connectivity index (χ0n) is 8.39. The number of nitrogen functional groups attached to an aromatic ring is 1. The van der Waals surface area contributed by atoms with Crippen LogP contribution in [0.4, 0.5) is 5.82 Å². The van der Waals surface area contributed by atoms with Gasteiger partial charge < -0.3 is 10.8 Å². The molecule has 0 saturated heterocycles. The summed E-state index contributed by atoms with van der Waals surface area (Å²) in [5.74, 6) is -0.966. The first kappa shape index (κ1) is 11.8. The van der Waals surface area contributed by atoms with E-state index in [-0.39, 0.29) is 11.5 Å². The van der Waals surface area contributed by atoms with Gasteiger partial charge in [-0.3, -0.25) is 0 Å². The molecule has 0 unspecified atom stereocenters. The number of carbonyl (C=O) groups is 1. The van der Waals surface area contributed by atoms with Crippen LogP contribution in [0.25, 0.3) is 5.69 Å². The van der Waals surface area contributed by atoms with Crippen molar-refractivity contribution in [1.82, 2.24) is 9.78 Å². The molecule has 1 aromatic heterocycles. The van der Waals surface area contributed by atoms with Crippen LogP contribution in [0, 0.1) is 0 Å². The Morgan fingerprint density at radius 2 is 2.06 bits per heavy atom. The Labute approximate surface area is 106 Å². The van der Waals surface area contributed by atoms with Crippen LogP contribution < -0.4 is 5.73 Å². The SMILES string of the molecule is Nc1cc(C(=O)O)nn1-c1ccc(Cl)cc1Cl. The molecule has 3 N–H and O–H groups in total. The van der Waals surface area contributed by atoms with Gasteiger partial charge in [-0.05, 0) is 18.2 Å². The van der Waals surface area contributed by atoms with Gasteiger partial charge in [-0.25, -0.2) is 9.48 Å². The van der Waals surface area contributed by atoms with E-state index < -0.39 is 5.97 Å². The molecule has 5 nitrogen and oxygen atoms in total. The lowest BCUT2D eigenvalue weighted by molar-refractivity contribution is 0.0690. The molecule has 1 aromatic carbocycles. The lowest BCUT2D eigenvalue weighted by Crippen LogP contribution is -2.04. The maximum atomic E-state index is 10.8.